The summed E-state index contributed by atoms with van der Waals surface area (Å²) in [5.41, 5.74) is 3.72. The van der Waals surface area contributed by atoms with Gasteiger partial charge in [-0.05, 0) is 51.7 Å². The minimum absolute atomic E-state index is 0.0208. The predicted molar refractivity (Wildman–Crippen MR) is 77.2 cm³/mol. The first-order valence-electron chi connectivity index (χ1n) is 6.27. The third-order valence-corrected chi connectivity index (χ3v) is 3.36. The second kappa shape index (κ2) is 6.24. The van der Waals surface area contributed by atoms with Gasteiger partial charge in [0.1, 0.15) is 5.88 Å². The summed E-state index contributed by atoms with van der Waals surface area (Å²) in [6.45, 7) is 8.29. The third kappa shape index (κ3) is 4.69. The zero-order chi connectivity index (χ0) is 13.8. The van der Waals surface area contributed by atoms with E-state index in [-0.39, 0.29) is 17.3 Å². The van der Waals surface area contributed by atoms with Crippen molar-refractivity contribution in [3.8, 4) is 0 Å². The SMILES string of the molecule is Cc1ccc(CCC(C)(C)NC(=O)CCl)c(C)c1. The van der Waals surface area contributed by atoms with E-state index in [0.717, 1.165) is 12.8 Å². The molecule has 0 aromatic heterocycles. The van der Waals surface area contributed by atoms with Gasteiger partial charge in [-0.2, -0.15) is 0 Å². The smallest absolute Gasteiger partial charge is 0.235 e. The summed E-state index contributed by atoms with van der Waals surface area (Å²) < 4.78 is 0. The van der Waals surface area contributed by atoms with Crippen LogP contribution in [0.5, 0.6) is 0 Å². The molecule has 0 atom stereocenters. The predicted octanol–water partition coefficient (Wildman–Crippen LogP) is 3.37. The van der Waals surface area contributed by atoms with Gasteiger partial charge in [-0.1, -0.05) is 23.8 Å². The normalized spacial score (nSPS) is 11.4. The molecule has 3 heteroatoms. The molecule has 1 N–H and O–H groups in total. The molecule has 0 fully saturated rings. The molecule has 0 saturated carbocycles. The fourth-order valence-corrected chi connectivity index (χ4v) is 2.11. The quantitative estimate of drug-likeness (QED) is 0.815. The molecule has 0 heterocycles. The van der Waals surface area contributed by atoms with Crippen LogP contribution in [0.2, 0.25) is 0 Å². The van der Waals surface area contributed by atoms with Crippen LogP contribution in [0.15, 0.2) is 18.2 Å². The van der Waals surface area contributed by atoms with E-state index < -0.39 is 0 Å². The molecule has 0 aliphatic carbocycles. The van der Waals surface area contributed by atoms with Crippen LogP contribution in [-0.4, -0.2) is 17.3 Å². The van der Waals surface area contributed by atoms with Crippen molar-refractivity contribution in [2.75, 3.05) is 5.88 Å². The topological polar surface area (TPSA) is 29.1 Å². The lowest BCUT2D eigenvalue weighted by atomic mass is 9.93. The summed E-state index contributed by atoms with van der Waals surface area (Å²) in [5.74, 6) is -0.0882. The fraction of sp³-hybridized carbons (Fsp3) is 0.533. The van der Waals surface area contributed by atoms with E-state index in [9.17, 15) is 4.79 Å². The molecule has 2 nitrogen and oxygen atoms in total. The molecule has 0 aliphatic rings. The summed E-state index contributed by atoms with van der Waals surface area (Å²) in [7, 11) is 0. The lowest BCUT2D eigenvalue weighted by Gasteiger charge is -2.26. The Hall–Kier alpha value is -1.02. The number of aryl methyl sites for hydroxylation is 3. The van der Waals surface area contributed by atoms with Crippen molar-refractivity contribution in [2.24, 2.45) is 0 Å². The molecule has 1 amide bonds. The number of rotatable bonds is 5. The minimum atomic E-state index is -0.219. The summed E-state index contributed by atoms with van der Waals surface area (Å²) >= 11 is 5.51. The van der Waals surface area contributed by atoms with Crippen molar-refractivity contribution in [2.45, 2.75) is 46.1 Å². The second-order valence-electron chi connectivity index (χ2n) is 5.50. The van der Waals surface area contributed by atoms with Gasteiger partial charge in [0.15, 0.2) is 0 Å². The molecule has 100 valence electrons. The first-order chi connectivity index (χ1) is 8.34. The zero-order valence-electron chi connectivity index (χ0n) is 11.6. The van der Waals surface area contributed by atoms with E-state index in [4.69, 9.17) is 11.6 Å². The van der Waals surface area contributed by atoms with Crippen LogP contribution in [0.3, 0.4) is 0 Å². The number of hydrogen-bond acceptors (Lipinski definition) is 1. The van der Waals surface area contributed by atoms with Gasteiger partial charge in [0.05, 0.1) is 0 Å². The summed E-state index contributed by atoms with van der Waals surface area (Å²) in [6, 6.07) is 6.50. The van der Waals surface area contributed by atoms with E-state index in [2.05, 4.69) is 37.4 Å². The number of nitrogens with one attached hydrogen (secondary N) is 1. The highest BCUT2D eigenvalue weighted by atomic mass is 35.5. The number of halogens is 1. The van der Waals surface area contributed by atoms with Gasteiger partial charge in [-0.15, -0.1) is 11.6 Å². The van der Waals surface area contributed by atoms with Gasteiger partial charge in [0.2, 0.25) is 5.91 Å². The first kappa shape index (κ1) is 15.0. The van der Waals surface area contributed by atoms with E-state index in [0.29, 0.717) is 0 Å². The molecular formula is C15H22ClNO. The zero-order valence-corrected chi connectivity index (χ0v) is 12.4. The third-order valence-electron chi connectivity index (χ3n) is 3.12. The van der Waals surface area contributed by atoms with Gasteiger partial charge in [-0.25, -0.2) is 0 Å². The van der Waals surface area contributed by atoms with Crippen molar-refractivity contribution in [3.63, 3.8) is 0 Å². The lowest BCUT2D eigenvalue weighted by molar-refractivity contribution is -0.120. The van der Waals surface area contributed by atoms with Crippen LogP contribution in [0, 0.1) is 13.8 Å². The molecule has 1 aromatic carbocycles. The van der Waals surface area contributed by atoms with Crippen LogP contribution in [0.4, 0.5) is 0 Å². The maximum absolute atomic E-state index is 11.3. The Morgan fingerprint density at radius 1 is 1.33 bits per heavy atom. The first-order valence-corrected chi connectivity index (χ1v) is 6.80. The Bertz CT molecular complexity index is 427. The van der Waals surface area contributed by atoms with E-state index in [1.54, 1.807) is 0 Å². The summed E-state index contributed by atoms with van der Waals surface area (Å²) in [5, 5.41) is 2.94. The van der Waals surface area contributed by atoms with Crippen molar-refractivity contribution in [1.29, 1.82) is 0 Å². The summed E-state index contributed by atoms with van der Waals surface area (Å²) in [4.78, 5) is 11.3. The standard InChI is InChI=1S/C15H22ClNO/c1-11-5-6-13(12(2)9-11)7-8-15(3,4)17-14(18)10-16/h5-6,9H,7-8,10H2,1-4H3,(H,17,18). The molecular weight excluding hydrogens is 246 g/mol. The highest BCUT2D eigenvalue weighted by molar-refractivity contribution is 6.27. The Morgan fingerprint density at radius 3 is 2.56 bits per heavy atom. The molecule has 0 unspecified atom stereocenters. The highest BCUT2D eigenvalue weighted by Crippen LogP contribution is 2.17. The molecule has 0 spiro atoms. The van der Waals surface area contributed by atoms with Gasteiger partial charge >= 0.3 is 0 Å². The second-order valence-corrected chi connectivity index (χ2v) is 5.76. The molecule has 0 bridgehead atoms. The molecule has 1 rings (SSSR count). The summed E-state index contributed by atoms with van der Waals surface area (Å²) in [6.07, 6.45) is 1.86. The van der Waals surface area contributed by atoms with Crippen molar-refractivity contribution < 1.29 is 4.79 Å². The average Bonchev–Trinajstić information content (AvgIpc) is 2.27. The molecule has 18 heavy (non-hydrogen) atoms. The lowest BCUT2D eigenvalue weighted by Crippen LogP contribution is -2.44. The molecule has 0 radical (unpaired) electrons. The van der Waals surface area contributed by atoms with Crippen LogP contribution in [-0.2, 0) is 11.2 Å². The van der Waals surface area contributed by atoms with E-state index in [1.807, 2.05) is 13.8 Å². The Morgan fingerprint density at radius 2 is 2.00 bits per heavy atom. The Kier molecular flexibility index (Phi) is 5.21. The van der Waals surface area contributed by atoms with Crippen molar-refractivity contribution in [3.05, 3.63) is 34.9 Å². The number of alkyl halides is 1. The Labute approximate surface area is 115 Å². The van der Waals surface area contributed by atoms with E-state index in [1.165, 1.54) is 16.7 Å². The molecule has 0 saturated heterocycles. The highest BCUT2D eigenvalue weighted by Gasteiger charge is 2.19. The van der Waals surface area contributed by atoms with Gasteiger partial charge in [0, 0.05) is 5.54 Å². The number of amides is 1. The van der Waals surface area contributed by atoms with Crippen LogP contribution >= 0.6 is 11.6 Å². The van der Waals surface area contributed by atoms with Crippen molar-refractivity contribution >= 4 is 17.5 Å². The van der Waals surface area contributed by atoms with E-state index >= 15 is 0 Å². The maximum atomic E-state index is 11.3. The van der Waals surface area contributed by atoms with Gasteiger partial charge < -0.3 is 5.32 Å². The average molecular weight is 268 g/mol. The molecule has 0 aliphatic heterocycles. The Balaban J connectivity index is 2.61. The van der Waals surface area contributed by atoms with Gasteiger partial charge in [-0.3, -0.25) is 4.79 Å². The van der Waals surface area contributed by atoms with Crippen LogP contribution < -0.4 is 5.32 Å². The largest absolute Gasteiger partial charge is 0.350 e. The molecule has 1 aromatic rings. The fourth-order valence-electron chi connectivity index (χ4n) is 2.05. The number of carbonyl (C=O) groups is 1. The number of benzene rings is 1. The maximum Gasteiger partial charge on any atom is 0.235 e. The monoisotopic (exact) mass is 267 g/mol. The minimum Gasteiger partial charge on any atom is -0.350 e. The number of hydrogen-bond donors (Lipinski definition) is 1. The van der Waals surface area contributed by atoms with Crippen LogP contribution in [0.25, 0.3) is 0 Å². The van der Waals surface area contributed by atoms with Crippen molar-refractivity contribution in [1.82, 2.24) is 5.32 Å². The number of carbonyl (C=O) groups excluding carboxylic acids is 1. The van der Waals surface area contributed by atoms with Gasteiger partial charge in [0.25, 0.3) is 0 Å². The van der Waals surface area contributed by atoms with Crippen LogP contribution in [0.1, 0.15) is 37.0 Å².